The van der Waals surface area contributed by atoms with Crippen molar-refractivity contribution in [2.75, 3.05) is 20.2 Å². The van der Waals surface area contributed by atoms with Crippen molar-refractivity contribution >= 4 is 18.3 Å². The molecule has 0 aliphatic carbocycles. The molecule has 1 saturated heterocycles. The molecule has 1 aromatic carbocycles. The summed E-state index contributed by atoms with van der Waals surface area (Å²) in [6.45, 7) is 3.90. The van der Waals surface area contributed by atoms with Crippen molar-refractivity contribution < 1.29 is 14.1 Å². The van der Waals surface area contributed by atoms with Crippen LogP contribution in [-0.2, 0) is 4.79 Å². The number of carbonyl (C=O) groups is 1. The highest BCUT2D eigenvalue weighted by molar-refractivity contribution is 5.85. The summed E-state index contributed by atoms with van der Waals surface area (Å²) in [5.74, 6) is 2.12. The number of amides is 1. The van der Waals surface area contributed by atoms with E-state index < -0.39 is 0 Å². The summed E-state index contributed by atoms with van der Waals surface area (Å²) in [5, 5.41) is 10.2. The van der Waals surface area contributed by atoms with E-state index in [2.05, 4.69) is 20.8 Å². The van der Waals surface area contributed by atoms with Gasteiger partial charge in [-0.15, -0.1) is 12.4 Å². The minimum atomic E-state index is -0.329. The van der Waals surface area contributed by atoms with Gasteiger partial charge in [0.1, 0.15) is 11.8 Å². The van der Waals surface area contributed by atoms with E-state index in [1.807, 2.05) is 31.2 Å². The third-order valence-electron chi connectivity index (χ3n) is 4.48. The Morgan fingerprint density at radius 1 is 1.46 bits per heavy atom. The average Bonchev–Trinajstić information content (AvgIpc) is 3.31. The lowest BCUT2D eigenvalue weighted by molar-refractivity contribution is -0.122. The first kappa shape index (κ1) is 20.2. The molecule has 142 valence electrons. The van der Waals surface area contributed by atoms with Crippen LogP contribution in [0.15, 0.2) is 28.8 Å². The minimum Gasteiger partial charge on any atom is -0.496 e. The van der Waals surface area contributed by atoms with Crippen LogP contribution in [0.2, 0.25) is 0 Å². The lowest BCUT2D eigenvalue weighted by Gasteiger charge is -2.11. The molecule has 2 unspecified atom stereocenters. The molecule has 2 aromatic rings. The van der Waals surface area contributed by atoms with Crippen molar-refractivity contribution in [2.45, 2.75) is 32.2 Å². The van der Waals surface area contributed by atoms with Crippen LogP contribution < -0.4 is 15.4 Å². The number of carbonyl (C=O) groups excluding carboxylic acids is 1. The monoisotopic (exact) mass is 380 g/mol. The van der Waals surface area contributed by atoms with Crippen molar-refractivity contribution in [1.29, 1.82) is 0 Å². The van der Waals surface area contributed by atoms with E-state index in [0.29, 0.717) is 29.8 Å². The van der Waals surface area contributed by atoms with E-state index in [1.54, 1.807) is 7.11 Å². The van der Waals surface area contributed by atoms with Crippen molar-refractivity contribution in [1.82, 2.24) is 20.8 Å². The van der Waals surface area contributed by atoms with Crippen molar-refractivity contribution in [3.8, 4) is 17.1 Å². The van der Waals surface area contributed by atoms with Gasteiger partial charge >= 0.3 is 0 Å². The molecule has 0 spiro atoms. The summed E-state index contributed by atoms with van der Waals surface area (Å²) >= 11 is 0. The van der Waals surface area contributed by atoms with Crippen molar-refractivity contribution in [3.05, 3.63) is 30.2 Å². The molecule has 0 radical (unpaired) electrons. The molecule has 2 atom stereocenters. The van der Waals surface area contributed by atoms with E-state index in [-0.39, 0.29) is 24.4 Å². The second-order valence-electron chi connectivity index (χ2n) is 6.34. The summed E-state index contributed by atoms with van der Waals surface area (Å²) in [5.41, 5.74) is 0.757. The Balaban J connectivity index is 0.00000243. The Labute approximate surface area is 159 Å². The van der Waals surface area contributed by atoms with E-state index in [9.17, 15) is 4.79 Å². The summed E-state index contributed by atoms with van der Waals surface area (Å²) < 4.78 is 10.6. The molecule has 7 nitrogen and oxygen atoms in total. The second-order valence-corrected chi connectivity index (χ2v) is 6.34. The minimum absolute atomic E-state index is 0. The molecule has 26 heavy (non-hydrogen) atoms. The van der Waals surface area contributed by atoms with Gasteiger partial charge in [0.05, 0.1) is 12.7 Å². The van der Waals surface area contributed by atoms with Crippen LogP contribution in [-0.4, -0.2) is 36.2 Å². The molecule has 0 saturated carbocycles. The number of nitrogens with one attached hydrogen (secondary N) is 2. The molecule has 8 heteroatoms. The second kappa shape index (κ2) is 9.54. The Bertz CT molecular complexity index is 716. The van der Waals surface area contributed by atoms with Gasteiger partial charge in [0, 0.05) is 6.42 Å². The van der Waals surface area contributed by atoms with Crippen molar-refractivity contribution in [3.63, 3.8) is 0 Å². The average molecular weight is 381 g/mol. The van der Waals surface area contributed by atoms with Gasteiger partial charge in [-0.1, -0.05) is 17.3 Å². The Morgan fingerprint density at radius 3 is 3.00 bits per heavy atom. The van der Waals surface area contributed by atoms with Gasteiger partial charge in [-0.2, -0.15) is 4.98 Å². The zero-order valence-corrected chi connectivity index (χ0v) is 15.8. The van der Waals surface area contributed by atoms with E-state index in [0.717, 1.165) is 31.5 Å². The standard InChI is InChI=1S/C18H24N4O3.ClH/c1-12(20-16(23)8-7-13-9-10-19-11-13)18-21-17(22-25-18)14-5-3-4-6-15(14)24-2;/h3-6,12-13,19H,7-11H2,1-2H3,(H,20,23);1H. The highest BCUT2D eigenvalue weighted by Crippen LogP contribution is 2.28. The molecular formula is C18H25ClN4O3. The van der Waals surface area contributed by atoms with Crippen LogP contribution >= 0.6 is 12.4 Å². The Morgan fingerprint density at radius 2 is 2.27 bits per heavy atom. The maximum Gasteiger partial charge on any atom is 0.249 e. The smallest absolute Gasteiger partial charge is 0.249 e. The fourth-order valence-electron chi connectivity index (χ4n) is 3.02. The summed E-state index contributed by atoms with van der Waals surface area (Å²) in [6.07, 6.45) is 2.57. The SMILES string of the molecule is COc1ccccc1-c1noc(C(C)NC(=O)CCC2CCNC2)n1.Cl. The number of nitrogens with zero attached hydrogens (tertiary/aromatic N) is 2. The topological polar surface area (TPSA) is 89.3 Å². The van der Waals surface area contributed by atoms with Crippen LogP contribution in [0.5, 0.6) is 5.75 Å². The third-order valence-corrected chi connectivity index (χ3v) is 4.48. The molecular weight excluding hydrogens is 356 g/mol. The number of rotatable bonds is 7. The van der Waals surface area contributed by atoms with Crippen LogP contribution in [0.1, 0.15) is 38.1 Å². The summed E-state index contributed by atoms with van der Waals surface area (Å²) in [7, 11) is 1.60. The highest BCUT2D eigenvalue weighted by Gasteiger charge is 2.20. The molecule has 2 heterocycles. The van der Waals surface area contributed by atoms with Gasteiger partial charge in [0.2, 0.25) is 17.6 Å². The summed E-state index contributed by atoms with van der Waals surface area (Å²) in [4.78, 5) is 16.5. The Kier molecular flexibility index (Phi) is 7.41. The first-order valence-corrected chi connectivity index (χ1v) is 8.64. The van der Waals surface area contributed by atoms with Crippen LogP contribution in [0.25, 0.3) is 11.4 Å². The first-order chi connectivity index (χ1) is 12.2. The number of hydrogen-bond acceptors (Lipinski definition) is 6. The van der Waals surface area contributed by atoms with E-state index in [1.165, 1.54) is 0 Å². The lowest BCUT2D eigenvalue weighted by atomic mass is 10.0. The molecule has 1 aliphatic rings. The fourth-order valence-corrected chi connectivity index (χ4v) is 3.02. The molecule has 0 bridgehead atoms. The molecule has 1 aromatic heterocycles. The quantitative estimate of drug-likeness (QED) is 0.767. The predicted molar refractivity (Wildman–Crippen MR) is 100 cm³/mol. The van der Waals surface area contributed by atoms with Crippen LogP contribution in [0.4, 0.5) is 0 Å². The van der Waals surface area contributed by atoms with Gasteiger partial charge < -0.3 is 19.9 Å². The highest BCUT2D eigenvalue weighted by atomic mass is 35.5. The predicted octanol–water partition coefficient (Wildman–Crippen LogP) is 2.73. The van der Waals surface area contributed by atoms with E-state index in [4.69, 9.17) is 9.26 Å². The zero-order valence-electron chi connectivity index (χ0n) is 15.0. The number of ether oxygens (including phenoxy) is 1. The maximum atomic E-state index is 12.1. The van der Waals surface area contributed by atoms with Crippen LogP contribution in [0, 0.1) is 5.92 Å². The molecule has 2 N–H and O–H groups in total. The number of halogens is 1. The molecule has 1 fully saturated rings. The number of hydrogen-bond donors (Lipinski definition) is 2. The zero-order chi connectivity index (χ0) is 17.6. The van der Waals surface area contributed by atoms with E-state index >= 15 is 0 Å². The number of benzene rings is 1. The first-order valence-electron chi connectivity index (χ1n) is 8.64. The molecule has 1 amide bonds. The molecule has 3 rings (SSSR count). The van der Waals surface area contributed by atoms with Gasteiger partial charge in [-0.3, -0.25) is 4.79 Å². The number of aromatic nitrogens is 2. The largest absolute Gasteiger partial charge is 0.496 e. The van der Waals surface area contributed by atoms with Gasteiger partial charge in [-0.05, 0) is 50.9 Å². The molecule has 1 aliphatic heterocycles. The Hall–Kier alpha value is -2.12. The van der Waals surface area contributed by atoms with Crippen molar-refractivity contribution in [2.24, 2.45) is 5.92 Å². The van der Waals surface area contributed by atoms with Crippen LogP contribution in [0.3, 0.4) is 0 Å². The summed E-state index contributed by atoms with van der Waals surface area (Å²) in [6, 6.07) is 7.15. The number of para-hydroxylation sites is 1. The lowest BCUT2D eigenvalue weighted by Crippen LogP contribution is -2.27. The normalized spacial score (nSPS) is 17.4. The fraction of sp³-hybridized carbons (Fsp3) is 0.500. The van der Waals surface area contributed by atoms with Gasteiger partial charge in [0.15, 0.2) is 0 Å². The third kappa shape index (κ3) is 4.95. The number of methoxy groups -OCH3 is 1. The van der Waals surface area contributed by atoms with Gasteiger partial charge in [0.25, 0.3) is 0 Å². The maximum absolute atomic E-state index is 12.1. The van der Waals surface area contributed by atoms with Gasteiger partial charge in [-0.25, -0.2) is 0 Å².